The number of carbonyl (C=O) groups excluding carboxylic acids is 2. The molecule has 0 unspecified atom stereocenters. The number of ether oxygens (including phenoxy) is 1. The van der Waals surface area contributed by atoms with Crippen molar-refractivity contribution in [2.45, 2.75) is 6.92 Å². The van der Waals surface area contributed by atoms with Gasteiger partial charge in [0, 0.05) is 7.05 Å². The molecule has 0 fully saturated rings. The second-order valence-electron chi connectivity index (χ2n) is 3.82. The fourth-order valence-corrected chi connectivity index (χ4v) is 1.55. The molecule has 1 rings (SSSR count). The van der Waals surface area contributed by atoms with Gasteiger partial charge in [-0.25, -0.2) is 9.59 Å². The largest absolute Gasteiger partial charge is 0.453 e. The molecular formula is C12H16N4O3S. The number of thiocarbonyl (C=S) groups is 1. The fourth-order valence-electron chi connectivity index (χ4n) is 1.35. The molecule has 0 spiro atoms. The highest BCUT2D eigenvalue weighted by Gasteiger charge is 2.09. The SMILES string of the molecule is CNC(=O)Nc1cc(C)ccc1NC(=S)NC(=O)OC. The van der Waals surface area contributed by atoms with E-state index in [1.165, 1.54) is 14.2 Å². The molecule has 0 aliphatic rings. The third-order valence-electron chi connectivity index (χ3n) is 2.30. The van der Waals surface area contributed by atoms with Gasteiger partial charge in [0.05, 0.1) is 18.5 Å². The lowest BCUT2D eigenvalue weighted by Gasteiger charge is -2.14. The van der Waals surface area contributed by atoms with Crippen molar-refractivity contribution in [3.8, 4) is 0 Å². The van der Waals surface area contributed by atoms with Crippen LogP contribution in [0.3, 0.4) is 0 Å². The summed E-state index contributed by atoms with van der Waals surface area (Å²) in [7, 11) is 2.75. The number of hydrogen-bond acceptors (Lipinski definition) is 4. The van der Waals surface area contributed by atoms with E-state index < -0.39 is 6.09 Å². The van der Waals surface area contributed by atoms with E-state index in [0.29, 0.717) is 11.4 Å². The highest BCUT2D eigenvalue weighted by Crippen LogP contribution is 2.23. The molecule has 8 heteroatoms. The lowest BCUT2D eigenvalue weighted by atomic mass is 10.2. The summed E-state index contributed by atoms with van der Waals surface area (Å²) in [4.78, 5) is 22.4. The van der Waals surface area contributed by atoms with Crippen LogP contribution in [-0.2, 0) is 4.74 Å². The Hall–Kier alpha value is -2.35. The van der Waals surface area contributed by atoms with Crippen LogP contribution in [0, 0.1) is 6.92 Å². The Bertz CT molecular complexity index is 533. The summed E-state index contributed by atoms with van der Waals surface area (Å²) in [5.74, 6) is 0. The molecule has 0 aromatic heterocycles. The van der Waals surface area contributed by atoms with Gasteiger partial charge in [-0.3, -0.25) is 5.32 Å². The topological polar surface area (TPSA) is 91.5 Å². The number of urea groups is 1. The molecule has 7 nitrogen and oxygen atoms in total. The number of methoxy groups -OCH3 is 1. The van der Waals surface area contributed by atoms with Crippen molar-refractivity contribution in [3.63, 3.8) is 0 Å². The van der Waals surface area contributed by atoms with Crippen LogP contribution in [0.5, 0.6) is 0 Å². The molecule has 1 aromatic rings. The summed E-state index contributed by atoms with van der Waals surface area (Å²) < 4.78 is 4.43. The maximum atomic E-state index is 11.4. The predicted octanol–water partition coefficient (Wildman–Crippen LogP) is 1.80. The highest BCUT2D eigenvalue weighted by atomic mass is 32.1. The average molecular weight is 296 g/mol. The van der Waals surface area contributed by atoms with Crippen molar-refractivity contribution in [2.24, 2.45) is 0 Å². The molecule has 0 heterocycles. The molecule has 0 radical (unpaired) electrons. The molecule has 0 bridgehead atoms. The first-order valence-corrected chi connectivity index (χ1v) is 6.12. The lowest BCUT2D eigenvalue weighted by Crippen LogP contribution is -2.34. The van der Waals surface area contributed by atoms with Crippen molar-refractivity contribution >= 4 is 40.8 Å². The van der Waals surface area contributed by atoms with Crippen molar-refractivity contribution in [2.75, 3.05) is 24.8 Å². The maximum absolute atomic E-state index is 11.4. The zero-order valence-corrected chi connectivity index (χ0v) is 12.2. The number of nitrogens with one attached hydrogen (secondary N) is 4. The Morgan fingerprint density at radius 3 is 2.50 bits per heavy atom. The number of carbonyl (C=O) groups is 2. The molecule has 1 aromatic carbocycles. The van der Waals surface area contributed by atoms with Crippen molar-refractivity contribution in [1.82, 2.24) is 10.6 Å². The summed E-state index contributed by atoms with van der Waals surface area (Å²) in [5.41, 5.74) is 2.06. The molecule has 0 saturated carbocycles. The van der Waals surface area contributed by atoms with Crippen LogP contribution in [0.2, 0.25) is 0 Å². The van der Waals surface area contributed by atoms with E-state index in [0.717, 1.165) is 5.56 Å². The molecule has 3 amide bonds. The van der Waals surface area contributed by atoms with Gasteiger partial charge >= 0.3 is 12.1 Å². The first kappa shape index (κ1) is 15.7. The Balaban J connectivity index is 2.85. The Morgan fingerprint density at radius 1 is 1.20 bits per heavy atom. The smallest absolute Gasteiger partial charge is 0.413 e. The minimum atomic E-state index is -0.671. The van der Waals surface area contributed by atoms with Crippen LogP contribution in [-0.4, -0.2) is 31.4 Å². The quantitative estimate of drug-likeness (QED) is 0.625. The first-order valence-electron chi connectivity index (χ1n) is 5.71. The van der Waals surface area contributed by atoms with Gasteiger partial charge in [-0.05, 0) is 36.8 Å². The minimum absolute atomic E-state index is 0.0701. The zero-order chi connectivity index (χ0) is 15.1. The standard InChI is InChI=1S/C12H16N4O3S/c1-7-4-5-8(9(6-7)14-10(17)13-2)15-11(20)16-12(18)19-3/h4-6H,1-3H3,(H2,13,14,17)(H2,15,16,18,20). The molecule has 0 saturated heterocycles. The van der Waals surface area contributed by atoms with Gasteiger partial charge in [-0.15, -0.1) is 0 Å². The van der Waals surface area contributed by atoms with Gasteiger partial charge in [-0.2, -0.15) is 0 Å². The second-order valence-corrected chi connectivity index (χ2v) is 4.23. The van der Waals surface area contributed by atoms with Crippen molar-refractivity contribution in [3.05, 3.63) is 23.8 Å². The van der Waals surface area contributed by atoms with E-state index in [2.05, 4.69) is 26.0 Å². The first-order chi connectivity index (χ1) is 9.46. The summed E-state index contributed by atoms with van der Waals surface area (Å²) in [6, 6.07) is 5.01. The van der Waals surface area contributed by atoms with E-state index in [-0.39, 0.29) is 11.1 Å². The van der Waals surface area contributed by atoms with Crippen LogP contribution in [0.4, 0.5) is 21.0 Å². The minimum Gasteiger partial charge on any atom is -0.453 e. The highest BCUT2D eigenvalue weighted by molar-refractivity contribution is 7.80. The normalized spacial score (nSPS) is 9.35. The third kappa shape index (κ3) is 4.73. The van der Waals surface area contributed by atoms with E-state index in [1.54, 1.807) is 12.1 Å². The summed E-state index contributed by atoms with van der Waals surface area (Å²) >= 11 is 4.96. The second kappa shape index (κ2) is 7.29. The van der Waals surface area contributed by atoms with Gasteiger partial charge in [0.2, 0.25) is 0 Å². The molecule has 108 valence electrons. The predicted molar refractivity (Wildman–Crippen MR) is 81.0 cm³/mol. The Labute approximate surface area is 122 Å². The summed E-state index contributed by atoms with van der Waals surface area (Å²) in [6.45, 7) is 1.89. The molecular weight excluding hydrogens is 280 g/mol. The van der Waals surface area contributed by atoms with E-state index in [9.17, 15) is 9.59 Å². The van der Waals surface area contributed by atoms with Crippen LogP contribution in [0.1, 0.15) is 5.56 Å². The van der Waals surface area contributed by atoms with Crippen LogP contribution < -0.4 is 21.3 Å². The van der Waals surface area contributed by atoms with E-state index in [1.807, 2.05) is 13.0 Å². The van der Waals surface area contributed by atoms with Crippen molar-refractivity contribution < 1.29 is 14.3 Å². The van der Waals surface area contributed by atoms with Gasteiger partial charge in [-0.1, -0.05) is 6.07 Å². The number of rotatable bonds is 2. The number of hydrogen-bond donors (Lipinski definition) is 4. The molecule has 0 aliphatic heterocycles. The van der Waals surface area contributed by atoms with E-state index >= 15 is 0 Å². The van der Waals surface area contributed by atoms with Crippen molar-refractivity contribution in [1.29, 1.82) is 0 Å². The number of aryl methyl sites for hydroxylation is 1. The third-order valence-corrected chi connectivity index (χ3v) is 2.50. The fraction of sp³-hybridized carbons (Fsp3) is 0.250. The lowest BCUT2D eigenvalue weighted by molar-refractivity contribution is 0.177. The van der Waals surface area contributed by atoms with Gasteiger partial charge < -0.3 is 20.7 Å². The number of alkyl carbamates (subject to hydrolysis) is 1. The summed E-state index contributed by atoms with van der Waals surface area (Å²) in [5, 5.41) is 10.3. The summed E-state index contributed by atoms with van der Waals surface area (Å²) in [6.07, 6.45) is -0.671. The van der Waals surface area contributed by atoms with Crippen LogP contribution in [0.15, 0.2) is 18.2 Å². The maximum Gasteiger partial charge on any atom is 0.413 e. The Morgan fingerprint density at radius 2 is 1.90 bits per heavy atom. The van der Waals surface area contributed by atoms with E-state index in [4.69, 9.17) is 12.2 Å². The molecule has 0 aliphatic carbocycles. The van der Waals surface area contributed by atoms with Crippen LogP contribution >= 0.6 is 12.2 Å². The monoisotopic (exact) mass is 296 g/mol. The molecule has 0 atom stereocenters. The average Bonchev–Trinajstić information content (AvgIpc) is 2.41. The van der Waals surface area contributed by atoms with Crippen LogP contribution in [0.25, 0.3) is 0 Å². The van der Waals surface area contributed by atoms with Gasteiger partial charge in [0.25, 0.3) is 0 Å². The number of amides is 3. The number of benzene rings is 1. The Kier molecular flexibility index (Phi) is 5.73. The molecule has 20 heavy (non-hydrogen) atoms. The van der Waals surface area contributed by atoms with Gasteiger partial charge in [0.15, 0.2) is 5.11 Å². The van der Waals surface area contributed by atoms with Gasteiger partial charge in [0.1, 0.15) is 0 Å². The molecule has 4 N–H and O–H groups in total. The zero-order valence-electron chi connectivity index (χ0n) is 11.4. The number of anilines is 2.